The van der Waals surface area contributed by atoms with Gasteiger partial charge in [-0.15, -0.1) is 0 Å². The molecule has 6 nitrogen and oxygen atoms in total. The molecule has 1 aliphatic carbocycles. The van der Waals surface area contributed by atoms with E-state index in [0.717, 1.165) is 76.5 Å². The molecule has 0 radical (unpaired) electrons. The van der Waals surface area contributed by atoms with Gasteiger partial charge in [0.2, 0.25) is 0 Å². The van der Waals surface area contributed by atoms with Crippen molar-refractivity contribution < 1.29 is 14.2 Å². The summed E-state index contributed by atoms with van der Waals surface area (Å²) in [5.41, 5.74) is 6.51. The Morgan fingerprint density at radius 1 is 0.738 bits per heavy atom. The number of hydrogen-bond donors (Lipinski definition) is 0. The Kier molecular flexibility index (Phi) is 8.11. The van der Waals surface area contributed by atoms with Gasteiger partial charge < -0.3 is 14.2 Å². The second kappa shape index (κ2) is 12.2. The normalized spacial score (nSPS) is 18.0. The summed E-state index contributed by atoms with van der Waals surface area (Å²) in [5.74, 6) is 2.40. The molecule has 0 amide bonds. The van der Waals surface area contributed by atoms with Gasteiger partial charge in [-0.2, -0.15) is 0 Å². The molecule has 7 heteroatoms. The van der Waals surface area contributed by atoms with Crippen molar-refractivity contribution in [3.63, 3.8) is 0 Å². The van der Waals surface area contributed by atoms with Gasteiger partial charge in [-0.05, 0) is 102 Å². The van der Waals surface area contributed by atoms with Gasteiger partial charge in [0.1, 0.15) is 17.2 Å². The van der Waals surface area contributed by atoms with E-state index in [2.05, 4.69) is 30.3 Å². The molecule has 0 N–H and O–H groups in total. The lowest BCUT2D eigenvalue weighted by atomic mass is 9.85. The fourth-order valence-electron chi connectivity index (χ4n) is 5.73. The molecule has 1 atom stereocenters. The third kappa shape index (κ3) is 5.57. The number of fused-ring (bicyclic) bond motifs is 1. The Balaban J connectivity index is 1.56. The standard InChI is InChI=1S/C35H34N2O4S/c1-39-27-15-9-23(10-16-27)21-26-7-5-4-6-8-30-32(26)36-35-37(33(30)25-13-19-29(41-3)20-14-25)34(38)31(42-35)22-24-11-17-28(40-2)18-12-24/h9-22,33H,4-8H2,1-3H3. The van der Waals surface area contributed by atoms with Crippen molar-refractivity contribution in [3.8, 4) is 17.2 Å². The van der Waals surface area contributed by atoms with Crippen molar-refractivity contribution >= 4 is 23.5 Å². The predicted octanol–water partition coefficient (Wildman–Crippen LogP) is 6.29. The predicted molar refractivity (Wildman–Crippen MR) is 168 cm³/mol. The highest BCUT2D eigenvalue weighted by Crippen LogP contribution is 2.39. The summed E-state index contributed by atoms with van der Waals surface area (Å²) in [6.07, 6.45) is 9.32. The number of benzene rings is 3. The van der Waals surface area contributed by atoms with E-state index >= 15 is 0 Å². The topological polar surface area (TPSA) is 62.0 Å². The van der Waals surface area contributed by atoms with E-state index in [-0.39, 0.29) is 11.6 Å². The molecule has 2 aliphatic rings. The van der Waals surface area contributed by atoms with E-state index in [4.69, 9.17) is 19.2 Å². The Labute approximate surface area is 249 Å². The summed E-state index contributed by atoms with van der Waals surface area (Å²) in [6, 6.07) is 23.7. The first-order chi connectivity index (χ1) is 20.6. The van der Waals surface area contributed by atoms with Crippen LogP contribution in [-0.2, 0) is 0 Å². The summed E-state index contributed by atoms with van der Waals surface area (Å²) in [6.45, 7) is 0. The molecule has 1 unspecified atom stereocenters. The first-order valence-electron chi connectivity index (χ1n) is 14.3. The highest BCUT2D eigenvalue weighted by Gasteiger charge is 2.31. The van der Waals surface area contributed by atoms with Crippen LogP contribution < -0.4 is 29.1 Å². The molecule has 0 saturated heterocycles. The van der Waals surface area contributed by atoms with E-state index in [9.17, 15) is 4.79 Å². The number of thiazole rings is 1. The van der Waals surface area contributed by atoms with Crippen molar-refractivity contribution in [2.24, 2.45) is 4.99 Å². The molecule has 4 aromatic rings. The van der Waals surface area contributed by atoms with E-state index in [1.54, 1.807) is 21.3 Å². The molecule has 0 spiro atoms. The quantitative estimate of drug-likeness (QED) is 0.270. The molecular weight excluding hydrogens is 544 g/mol. The lowest BCUT2D eigenvalue weighted by Gasteiger charge is -2.29. The first-order valence-corrected chi connectivity index (χ1v) is 15.1. The van der Waals surface area contributed by atoms with E-state index < -0.39 is 0 Å². The van der Waals surface area contributed by atoms with Crippen LogP contribution >= 0.6 is 11.3 Å². The summed E-state index contributed by atoms with van der Waals surface area (Å²) < 4.78 is 18.7. The van der Waals surface area contributed by atoms with Crippen molar-refractivity contribution in [1.82, 2.24) is 4.57 Å². The van der Waals surface area contributed by atoms with Crippen LogP contribution in [0.2, 0.25) is 0 Å². The van der Waals surface area contributed by atoms with Gasteiger partial charge in [-0.25, -0.2) is 4.99 Å². The van der Waals surface area contributed by atoms with Gasteiger partial charge in [0.05, 0.1) is 37.6 Å². The Morgan fingerprint density at radius 3 is 1.88 bits per heavy atom. The van der Waals surface area contributed by atoms with Gasteiger partial charge >= 0.3 is 0 Å². The largest absolute Gasteiger partial charge is 0.497 e. The molecule has 42 heavy (non-hydrogen) atoms. The van der Waals surface area contributed by atoms with E-state index in [0.29, 0.717) is 4.53 Å². The average molecular weight is 579 g/mol. The Morgan fingerprint density at radius 2 is 1.29 bits per heavy atom. The highest BCUT2D eigenvalue weighted by atomic mass is 32.1. The maximum atomic E-state index is 14.1. The highest BCUT2D eigenvalue weighted by molar-refractivity contribution is 7.07. The lowest BCUT2D eigenvalue weighted by Crippen LogP contribution is -2.38. The van der Waals surface area contributed by atoms with Crippen molar-refractivity contribution in [2.75, 3.05) is 21.3 Å². The van der Waals surface area contributed by atoms with Crippen molar-refractivity contribution in [1.29, 1.82) is 0 Å². The average Bonchev–Trinajstić information content (AvgIpc) is 3.33. The number of ether oxygens (including phenoxy) is 3. The number of hydrogen-bond acceptors (Lipinski definition) is 6. The fraction of sp³-hybridized carbons (Fsp3) is 0.257. The Bertz CT molecular complexity index is 1810. The molecule has 0 saturated carbocycles. The van der Waals surface area contributed by atoms with Gasteiger partial charge in [0.25, 0.3) is 5.56 Å². The fourth-order valence-corrected chi connectivity index (χ4v) is 6.74. The number of nitrogens with zero attached hydrogens (tertiary/aromatic N) is 2. The first kappa shape index (κ1) is 27.8. The number of aromatic nitrogens is 1. The smallest absolute Gasteiger partial charge is 0.271 e. The van der Waals surface area contributed by atoms with Crippen LogP contribution in [0.25, 0.3) is 12.2 Å². The SMILES string of the molecule is COc1ccc(C=C2CCCCCC3=C2N=c2sc(=Cc4ccc(OC)cc4)c(=O)n2C3c2ccc(OC)cc2)cc1. The van der Waals surface area contributed by atoms with Crippen LogP contribution in [0.15, 0.2) is 99.4 Å². The molecule has 6 rings (SSSR count). The molecule has 3 aromatic carbocycles. The molecule has 1 aliphatic heterocycles. The maximum absolute atomic E-state index is 14.1. The summed E-state index contributed by atoms with van der Waals surface area (Å²) in [7, 11) is 5.00. The molecule has 2 heterocycles. The minimum atomic E-state index is -0.238. The van der Waals surface area contributed by atoms with Gasteiger partial charge in [-0.1, -0.05) is 54.2 Å². The van der Waals surface area contributed by atoms with Crippen LogP contribution in [-0.4, -0.2) is 25.9 Å². The molecule has 0 fully saturated rings. The number of methoxy groups -OCH3 is 3. The van der Waals surface area contributed by atoms with Crippen LogP contribution in [0.5, 0.6) is 17.2 Å². The lowest BCUT2D eigenvalue weighted by molar-refractivity contribution is 0.414. The minimum absolute atomic E-state index is 0.0234. The maximum Gasteiger partial charge on any atom is 0.271 e. The third-order valence-corrected chi connectivity index (χ3v) is 8.92. The molecule has 214 valence electrons. The summed E-state index contributed by atoms with van der Waals surface area (Å²) in [4.78, 5) is 20.1. The minimum Gasteiger partial charge on any atom is -0.497 e. The van der Waals surface area contributed by atoms with Gasteiger partial charge in [0, 0.05) is 0 Å². The monoisotopic (exact) mass is 578 g/mol. The third-order valence-electron chi connectivity index (χ3n) is 7.93. The number of allylic oxidation sites excluding steroid dienone is 2. The van der Waals surface area contributed by atoms with Gasteiger partial charge in [0.15, 0.2) is 4.80 Å². The second-order valence-corrected chi connectivity index (χ2v) is 11.5. The van der Waals surface area contributed by atoms with E-state index in [1.807, 2.05) is 59.2 Å². The zero-order valence-corrected chi connectivity index (χ0v) is 24.9. The summed E-state index contributed by atoms with van der Waals surface area (Å²) >= 11 is 1.45. The Hall–Kier alpha value is -4.36. The second-order valence-electron chi connectivity index (χ2n) is 10.5. The van der Waals surface area contributed by atoms with Crippen LogP contribution in [0, 0.1) is 0 Å². The van der Waals surface area contributed by atoms with Crippen LogP contribution in [0.4, 0.5) is 0 Å². The number of rotatable bonds is 6. The van der Waals surface area contributed by atoms with E-state index in [1.165, 1.54) is 22.5 Å². The van der Waals surface area contributed by atoms with Crippen molar-refractivity contribution in [3.05, 3.63) is 126 Å². The molecular formula is C35H34N2O4S. The summed E-state index contributed by atoms with van der Waals surface area (Å²) in [5, 5.41) is 0. The zero-order chi connectivity index (χ0) is 29.1. The van der Waals surface area contributed by atoms with Crippen molar-refractivity contribution in [2.45, 2.75) is 38.1 Å². The van der Waals surface area contributed by atoms with Gasteiger partial charge in [-0.3, -0.25) is 9.36 Å². The molecule has 0 bridgehead atoms. The van der Waals surface area contributed by atoms with Crippen LogP contribution in [0.1, 0.15) is 54.8 Å². The molecule has 1 aromatic heterocycles. The zero-order valence-electron chi connectivity index (χ0n) is 24.1. The van der Waals surface area contributed by atoms with Crippen LogP contribution in [0.3, 0.4) is 0 Å².